The second-order valence-corrected chi connectivity index (χ2v) is 7.29. The number of fused-ring (bicyclic) bond motifs is 3. The standard InChI is InChI=1S/C25H16ClN3O/c26-24-19-10-4-2-8-17(19)21(18-9-3-5-11-20(18)24)15-27-29-25(30)23-14-13-16-7-1-6-12-22(16)28-23/h1-15H,(H,29,30)/b27-15+. The first-order valence-corrected chi connectivity index (χ1v) is 9.88. The van der Waals surface area contributed by atoms with Crippen LogP contribution in [0.25, 0.3) is 32.4 Å². The van der Waals surface area contributed by atoms with E-state index < -0.39 is 0 Å². The van der Waals surface area contributed by atoms with Crippen LogP contribution in [0.5, 0.6) is 0 Å². The van der Waals surface area contributed by atoms with E-state index in [1.54, 1.807) is 12.3 Å². The van der Waals surface area contributed by atoms with Crippen LogP contribution in [0.15, 0.2) is 90.0 Å². The van der Waals surface area contributed by atoms with Gasteiger partial charge in [0.25, 0.3) is 5.91 Å². The molecule has 0 saturated heterocycles. The Kier molecular flexibility index (Phi) is 4.62. The number of para-hydroxylation sites is 1. The van der Waals surface area contributed by atoms with E-state index >= 15 is 0 Å². The summed E-state index contributed by atoms with van der Waals surface area (Å²) in [7, 11) is 0. The maximum atomic E-state index is 12.6. The van der Waals surface area contributed by atoms with Crippen LogP contribution in [0.4, 0.5) is 0 Å². The van der Waals surface area contributed by atoms with E-state index in [1.165, 1.54) is 0 Å². The van der Waals surface area contributed by atoms with Gasteiger partial charge < -0.3 is 0 Å². The molecule has 0 bridgehead atoms. The molecule has 1 aromatic heterocycles. The van der Waals surface area contributed by atoms with Crippen molar-refractivity contribution in [2.75, 3.05) is 0 Å². The van der Waals surface area contributed by atoms with E-state index in [4.69, 9.17) is 11.6 Å². The number of rotatable bonds is 3. The molecule has 1 heterocycles. The third-order valence-corrected chi connectivity index (χ3v) is 5.51. The molecule has 0 spiro atoms. The van der Waals surface area contributed by atoms with Crippen molar-refractivity contribution in [2.24, 2.45) is 5.10 Å². The van der Waals surface area contributed by atoms with Crippen LogP contribution in [-0.2, 0) is 0 Å². The summed E-state index contributed by atoms with van der Waals surface area (Å²) in [4.78, 5) is 17.0. The third kappa shape index (κ3) is 3.17. The highest BCUT2D eigenvalue weighted by molar-refractivity contribution is 6.42. The van der Waals surface area contributed by atoms with Gasteiger partial charge in [-0.15, -0.1) is 0 Å². The SMILES string of the molecule is O=C(N/N=C/c1c2ccccc2c(Cl)c2ccccc12)c1ccc2ccccc2n1. The Morgan fingerprint density at radius 2 is 1.40 bits per heavy atom. The highest BCUT2D eigenvalue weighted by Gasteiger charge is 2.11. The average molecular weight is 410 g/mol. The largest absolute Gasteiger partial charge is 0.289 e. The zero-order chi connectivity index (χ0) is 20.5. The summed E-state index contributed by atoms with van der Waals surface area (Å²) in [5.41, 5.74) is 4.58. The van der Waals surface area contributed by atoms with Gasteiger partial charge in [-0.05, 0) is 22.9 Å². The molecule has 144 valence electrons. The van der Waals surface area contributed by atoms with Crippen molar-refractivity contribution in [3.05, 3.63) is 101 Å². The molecule has 1 amide bonds. The Balaban J connectivity index is 1.51. The van der Waals surface area contributed by atoms with E-state index in [-0.39, 0.29) is 5.91 Å². The molecule has 0 aliphatic carbocycles. The molecule has 5 heteroatoms. The summed E-state index contributed by atoms with van der Waals surface area (Å²) >= 11 is 6.64. The van der Waals surface area contributed by atoms with Gasteiger partial charge in [0.15, 0.2) is 0 Å². The van der Waals surface area contributed by atoms with Gasteiger partial charge in [0.2, 0.25) is 0 Å². The summed E-state index contributed by atoms with van der Waals surface area (Å²) in [6, 6.07) is 27.0. The second kappa shape index (κ2) is 7.58. The van der Waals surface area contributed by atoms with Crippen molar-refractivity contribution in [3.63, 3.8) is 0 Å². The zero-order valence-corrected chi connectivity index (χ0v) is 16.6. The smallest absolute Gasteiger partial charge is 0.266 e. The topological polar surface area (TPSA) is 54.4 Å². The van der Waals surface area contributed by atoms with Crippen LogP contribution in [-0.4, -0.2) is 17.1 Å². The van der Waals surface area contributed by atoms with Crippen molar-refractivity contribution < 1.29 is 4.79 Å². The first kappa shape index (κ1) is 18.3. The molecule has 0 fully saturated rings. The van der Waals surface area contributed by atoms with Crippen LogP contribution >= 0.6 is 11.6 Å². The van der Waals surface area contributed by atoms with Gasteiger partial charge in [0.1, 0.15) is 5.69 Å². The van der Waals surface area contributed by atoms with E-state index in [9.17, 15) is 4.79 Å². The first-order valence-electron chi connectivity index (χ1n) is 9.50. The number of hydrogen-bond donors (Lipinski definition) is 1. The van der Waals surface area contributed by atoms with Gasteiger partial charge in [0, 0.05) is 21.7 Å². The average Bonchev–Trinajstić information content (AvgIpc) is 2.81. The first-order chi connectivity index (χ1) is 14.7. The summed E-state index contributed by atoms with van der Waals surface area (Å²) in [6.45, 7) is 0. The van der Waals surface area contributed by atoms with Gasteiger partial charge in [0.05, 0.1) is 16.8 Å². The number of hydrazone groups is 1. The van der Waals surface area contributed by atoms with Gasteiger partial charge in [-0.2, -0.15) is 5.10 Å². The van der Waals surface area contributed by atoms with E-state index in [0.717, 1.165) is 38.0 Å². The van der Waals surface area contributed by atoms with Crippen molar-refractivity contribution in [1.82, 2.24) is 10.4 Å². The van der Waals surface area contributed by atoms with E-state index in [2.05, 4.69) is 15.5 Å². The fourth-order valence-corrected chi connectivity index (χ4v) is 3.98. The number of benzene rings is 4. The second-order valence-electron chi connectivity index (χ2n) is 6.91. The zero-order valence-electron chi connectivity index (χ0n) is 15.8. The number of carbonyl (C=O) groups is 1. The Morgan fingerprint density at radius 3 is 2.10 bits per heavy atom. The fourth-order valence-electron chi connectivity index (χ4n) is 3.65. The van der Waals surface area contributed by atoms with E-state index in [1.807, 2.05) is 78.9 Å². The highest BCUT2D eigenvalue weighted by atomic mass is 35.5. The molecule has 5 rings (SSSR count). The molecule has 0 aliphatic heterocycles. The third-order valence-electron chi connectivity index (χ3n) is 5.10. The van der Waals surface area contributed by atoms with Crippen LogP contribution in [0, 0.1) is 0 Å². The lowest BCUT2D eigenvalue weighted by molar-refractivity contribution is 0.0950. The van der Waals surface area contributed by atoms with E-state index in [0.29, 0.717) is 10.7 Å². The van der Waals surface area contributed by atoms with Crippen molar-refractivity contribution in [2.45, 2.75) is 0 Å². The molecule has 0 saturated carbocycles. The molecule has 30 heavy (non-hydrogen) atoms. The lowest BCUT2D eigenvalue weighted by Crippen LogP contribution is -2.19. The number of halogens is 1. The number of carbonyl (C=O) groups excluding carboxylic acids is 1. The molecule has 0 unspecified atom stereocenters. The summed E-state index contributed by atoms with van der Waals surface area (Å²) in [6.07, 6.45) is 1.67. The number of nitrogens with zero attached hydrogens (tertiary/aromatic N) is 2. The van der Waals surface area contributed by atoms with Gasteiger partial charge in [-0.1, -0.05) is 84.4 Å². The molecule has 4 nitrogen and oxygen atoms in total. The minimum Gasteiger partial charge on any atom is -0.266 e. The molecule has 4 aromatic carbocycles. The Bertz CT molecular complexity index is 1400. The van der Waals surface area contributed by atoms with Crippen LogP contribution in [0.1, 0.15) is 16.1 Å². The molecular weight excluding hydrogens is 394 g/mol. The van der Waals surface area contributed by atoms with Crippen molar-refractivity contribution >= 4 is 56.2 Å². The van der Waals surface area contributed by atoms with Gasteiger partial charge in [-0.3, -0.25) is 4.79 Å². The maximum Gasteiger partial charge on any atom is 0.289 e. The molecule has 0 atom stereocenters. The number of pyridine rings is 1. The Morgan fingerprint density at radius 1 is 0.800 bits per heavy atom. The summed E-state index contributed by atoms with van der Waals surface area (Å²) < 4.78 is 0. The molecular formula is C25H16ClN3O. The van der Waals surface area contributed by atoms with Crippen molar-refractivity contribution in [3.8, 4) is 0 Å². The van der Waals surface area contributed by atoms with Crippen molar-refractivity contribution in [1.29, 1.82) is 0 Å². The highest BCUT2D eigenvalue weighted by Crippen LogP contribution is 2.35. The lowest BCUT2D eigenvalue weighted by atomic mass is 9.97. The maximum absolute atomic E-state index is 12.6. The molecule has 5 aromatic rings. The molecule has 1 N–H and O–H groups in total. The van der Waals surface area contributed by atoms with Crippen LogP contribution < -0.4 is 5.43 Å². The normalized spacial score (nSPS) is 11.5. The Hall–Kier alpha value is -3.76. The molecule has 0 aliphatic rings. The predicted octanol–water partition coefficient (Wildman–Crippen LogP) is 5.96. The summed E-state index contributed by atoms with van der Waals surface area (Å²) in [5.74, 6) is -0.362. The predicted molar refractivity (Wildman–Crippen MR) is 123 cm³/mol. The summed E-state index contributed by atoms with van der Waals surface area (Å²) in [5, 5.41) is 9.76. The van der Waals surface area contributed by atoms with Crippen LogP contribution in [0.2, 0.25) is 5.02 Å². The number of aromatic nitrogens is 1. The Labute approximate surface area is 177 Å². The minimum absolute atomic E-state index is 0.316. The lowest BCUT2D eigenvalue weighted by Gasteiger charge is -2.10. The minimum atomic E-state index is -0.362. The number of hydrogen-bond acceptors (Lipinski definition) is 3. The number of nitrogens with one attached hydrogen (secondary N) is 1. The van der Waals surface area contributed by atoms with Gasteiger partial charge in [-0.25, -0.2) is 10.4 Å². The quantitative estimate of drug-likeness (QED) is 0.227. The molecule has 0 radical (unpaired) electrons. The van der Waals surface area contributed by atoms with Crippen LogP contribution in [0.3, 0.4) is 0 Å². The van der Waals surface area contributed by atoms with Gasteiger partial charge >= 0.3 is 0 Å². The monoisotopic (exact) mass is 409 g/mol. The number of amides is 1. The fraction of sp³-hybridized carbons (Fsp3) is 0.